The molecule has 9 nitrogen and oxygen atoms in total. The van der Waals surface area contributed by atoms with E-state index in [0.717, 1.165) is 11.1 Å². The van der Waals surface area contributed by atoms with Gasteiger partial charge in [0.1, 0.15) is 6.04 Å². The molecule has 202 valence electrons. The van der Waals surface area contributed by atoms with E-state index < -0.39 is 17.8 Å². The van der Waals surface area contributed by atoms with E-state index in [0.29, 0.717) is 36.2 Å². The van der Waals surface area contributed by atoms with Crippen LogP contribution in [0.4, 0.5) is 10.8 Å². The van der Waals surface area contributed by atoms with Crippen molar-refractivity contribution in [1.82, 2.24) is 14.8 Å². The van der Waals surface area contributed by atoms with Gasteiger partial charge < -0.3 is 24.6 Å². The van der Waals surface area contributed by atoms with E-state index in [9.17, 15) is 19.5 Å². The largest absolute Gasteiger partial charge is 0.465 e. The standard InChI is InChI=1S/C30H32N4O5/c1-4-34(30(37)38)19-23-15-16-24-26(20(23)2)28(36)39-29(31-24)32-25(17-21-11-7-5-8-12-21)27(35)33(3)18-22-13-9-6-10-14-22/h5-16,25H,4,17-19H2,1-3H3,(H,31,32)(H,37,38). The maximum absolute atomic E-state index is 13.6. The number of hydrogen-bond acceptors (Lipinski definition) is 6. The highest BCUT2D eigenvalue weighted by Gasteiger charge is 2.25. The molecule has 1 atom stereocenters. The maximum atomic E-state index is 13.6. The monoisotopic (exact) mass is 528 g/mol. The minimum Gasteiger partial charge on any atom is -0.465 e. The topological polar surface area (TPSA) is 116 Å². The molecule has 0 saturated carbocycles. The molecule has 0 bridgehead atoms. The Hall–Kier alpha value is -4.66. The lowest BCUT2D eigenvalue weighted by molar-refractivity contribution is -0.131. The van der Waals surface area contributed by atoms with Crippen LogP contribution in [0.15, 0.2) is 82.0 Å². The number of fused-ring (bicyclic) bond motifs is 1. The van der Waals surface area contributed by atoms with E-state index in [2.05, 4.69) is 10.3 Å². The van der Waals surface area contributed by atoms with Gasteiger partial charge in [-0.2, -0.15) is 4.98 Å². The minimum atomic E-state index is -1.03. The zero-order chi connectivity index (χ0) is 27.9. The molecule has 9 heteroatoms. The van der Waals surface area contributed by atoms with Crippen molar-refractivity contribution < 1.29 is 19.1 Å². The predicted molar refractivity (Wildman–Crippen MR) is 150 cm³/mol. The number of likely N-dealkylation sites (N-methyl/N-ethyl adjacent to an activating group) is 1. The molecule has 0 spiro atoms. The summed E-state index contributed by atoms with van der Waals surface area (Å²) in [5.41, 5.74) is 3.04. The van der Waals surface area contributed by atoms with Gasteiger partial charge in [-0.25, -0.2) is 9.59 Å². The van der Waals surface area contributed by atoms with Gasteiger partial charge in [-0.15, -0.1) is 0 Å². The SMILES string of the molecule is CCN(Cc1ccc2nc(NC(Cc3ccccc3)C(=O)N(C)Cc3ccccc3)oc(=O)c2c1C)C(=O)O. The van der Waals surface area contributed by atoms with Gasteiger partial charge in [0.2, 0.25) is 5.91 Å². The number of anilines is 1. The number of nitrogens with one attached hydrogen (secondary N) is 1. The fraction of sp³-hybridized carbons (Fsp3) is 0.267. The average Bonchev–Trinajstić information content (AvgIpc) is 2.92. The van der Waals surface area contributed by atoms with Crippen LogP contribution in [0, 0.1) is 6.92 Å². The second-order valence-corrected chi connectivity index (χ2v) is 9.41. The summed E-state index contributed by atoms with van der Waals surface area (Å²) in [6.07, 6.45) is -0.671. The number of carboxylic acid groups (broad SMARTS) is 1. The summed E-state index contributed by atoms with van der Waals surface area (Å²) >= 11 is 0. The molecule has 0 aliphatic heterocycles. The molecule has 0 aliphatic carbocycles. The first-order valence-corrected chi connectivity index (χ1v) is 12.8. The van der Waals surface area contributed by atoms with Crippen LogP contribution in [0.5, 0.6) is 0 Å². The third kappa shape index (κ3) is 6.62. The Balaban J connectivity index is 1.63. The Morgan fingerprint density at radius 2 is 1.62 bits per heavy atom. The van der Waals surface area contributed by atoms with Crippen molar-refractivity contribution in [2.75, 3.05) is 18.9 Å². The first-order chi connectivity index (χ1) is 18.8. The lowest BCUT2D eigenvalue weighted by Gasteiger charge is -2.25. The second kappa shape index (κ2) is 12.3. The summed E-state index contributed by atoms with van der Waals surface area (Å²) in [7, 11) is 1.74. The Morgan fingerprint density at radius 1 is 0.974 bits per heavy atom. The highest BCUT2D eigenvalue weighted by Crippen LogP contribution is 2.22. The number of benzene rings is 3. The number of carbonyl (C=O) groups is 2. The quantitative estimate of drug-likeness (QED) is 0.307. The Morgan fingerprint density at radius 3 is 2.23 bits per heavy atom. The van der Waals surface area contributed by atoms with Crippen LogP contribution < -0.4 is 10.9 Å². The fourth-order valence-corrected chi connectivity index (χ4v) is 4.52. The fourth-order valence-electron chi connectivity index (χ4n) is 4.52. The first kappa shape index (κ1) is 27.4. The number of amides is 2. The van der Waals surface area contributed by atoms with Crippen LogP contribution in [0.1, 0.15) is 29.2 Å². The normalized spacial score (nSPS) is 11.7. The van der Waals surface area contributed by atoms with Crippen LogP contribution in [-0.4, -0.2) is 51.5 Å². The average molecular weight is 529 g/mol. The summed E-state index contributed by atoms with van der Waals surface area (Å²) in [6, 6.07) is 21.9. The summed E-state index contributed by atoms with van der Waals surface area (Å²) in [4.78, 5) is 45.5. The van der Waals surface area contributed by atoms with Crippen LogP contribution in [0.3, 0.4) is 0 Å². The molecule has 4 rings (SSSR count). The van der Waals surface area contributed by atoms with Gasteiger partial charge in [0.05, 0.1) is 10.9 Å². The van der Waals surface area contributed by atoms with Crippen molar-refractivity contribution in [2.45, 2.75) is 39.4 Å². The van der Waals surface area contributed by atoms with Gasteiger partial charge in [0.15, 0.2) is 0 Å². The third-order valence-corrected chi connectivity index (χ3v) is 6.70. The molecule has 1 heterocycles. The van der Waals surface area contributed by atoms with Crippen LogP contribution in [0.2, 0.25) is 0 Å². The van der Waals surface area contributed by atoms with Crippen LogP contribution >= 0.6 is 0 Å². The molecule has 1 aromatic heterocycles. The molecule has 4 aromatic rings. The Labute approximate surface area is 226 Å². The number of hydrogen-bond donors (Lipinski definition) is 2. The Kier molecular flexibility index (Phi) is 8.60. The Bertz CT molecular complexity index is 1500. The van der Waals surface area contributed by atoms with Crippen molar-refractivity contribution in [3.05, 3.63) is 105 Å². The van der Waals surface area contributed by atoms with Crippen LogP contribution in [0.25, 0.3) is 10.9 Å². The number of carbonyl (C=O) groups excluding carboxylic acids is 1. The van der Waals surface area contributed by atoms with Gasteiger partial charge >= 0.3 is 11.7 Å². The van der Waals surface area contributed by atoms with Crippen LogP contribution in [-0.2, 0) is 24.3 Å². The zero-order valence-electron chi connectivity index (χ0n) is 22.3. The molecule has 0 saturated heterocycles. The van der Waals surface area contributed by atoms with E-state index in [1.165, 1.54) is 4.90 Å². The summed E-state index contributed by atoms with van der Waals surface area (Å²) < 4.78 is 5.54. The molecule has 2 amide bonds. The van der Waals surface area contributed by atoms with Gasteiger partial charge in [-0.05, 0) is 42.2 Å². The van der Waals surface area contributed by atoms with Crippen molar-refractivity contribution in [2.24, 2.45) is 0 Å². The highest BCUT2D eigenvalue weighted by atomic mass is 16.4. The molecule has 0 fully saturated rings. The van der Waals surface area contributed by atoms with Gasteiger partial charge in [0, 0.05) is 33.1 Å². The minimum absolute atomic E-state index is 0.0530. The molecule has 0 radical (unpaired) electrons. The van der Waals surface area contributed by atoms with E-state index in [1.54, 1.807) is 37.9 Å². The van der Waals surface area contributed by atoms with Gasteiger partial charge in [-0.1, -0.05) is 66.7 Å². The van der Waals surface area contributed by atoms with E-state index >= 15 is 0 Å². The summed E-state index contributed by atoms with van der Waals surface area (Å²) in [5, 5.41) is 12.7. The number of nitrogens with zero attached hydrogens (tertiary/aromatic N) is 3. The summed E-state index contributed by atoms with van der Waals surface area (Å²) in [6.45, 7) is 4.39. The zero-order valence-corrected chi connectivity index (χ0v) is 22.3. The lowest BCUT2D eigenvalue weighted by Crippen LogP contribution is -2.42. The number of rotatable bonds is 10. The molecule has 2 N–H and O–H groups in total. The number of aryl methyl sites for hydroxylation is 1. The first-order valence-electron chi connectivity index (χ1n) is 12.8. The predicted octanol–water partition coefficient (Wildman–Crippen LogP) is 4.68. The van der Waals surface area contributed by atoms with Crippen molar-refractivity contribution in [3.63, 3.8) is 0 Å². The molecule has 1 unspecified atom stereocenters. The molecular formula is C30H32N4O5. The smallest absolute Gasteiger partial charge is 0.407 e. The van der Waals surface area contributed by atoms with Crippen molar-refractivity contribution in [1.29, 1.82) is 0 Å². The summed E-state index contributed by atoms with van der Waals surface area (Å²) in [5.74, 6) is -0.174. The lowest BCUT2D eigenvalue weighted by atomic mass is 10.0. The van der Waals surface area contributed by atoms with E-state index in [4.69, 9.17) is 4.42 Å². The molecular weight excluding hydrogens is 496 g/mol. The van der Waals surface area contributed by atoms with E-state index in [-0.39, 0.29) is 23.9 Å². The molecule has 39 heavy (non-hydrogen) atoms. The van der Waals surface area contributed by atoms with Gasteiger partial charge in [-0.3, -0.25) is 4.79 Å². The second-order valence-electron chi connectivity index (χ2n) is 9.41. The van der Waals surface area contributed by atoms with Crippen molar-refractivity contribution >= 4 is 28.9 Å². The molecule has 3 aromatic carbocycles. The van der Waals surface area contributed by atoms with Gasteiger partial charge in [0.25, 0.3) is 6.01 Å². The highest BCUT2D eigenvalue weighted by molar-refractivity contribution is 5.85. The van der Waals surface area contributed by atoms with E-state index in [1.807, 2.05) is 60.7 Å². The third-order valence-electron chi connectivity index (χ3n) is 6.70. The number of aromatic nitrogens is 1. The van der Waals surface area contributed by atoms with Crippen molar-refractivity contribution in [3.8, 4) is 0 Å². The molecule has 0 aliphatic rings. The maximum Gasteiger partial charge on any atom is 0.407 e.